The maximum atomic E-state index is 13.5. The predicted octanol–water partition coefficient (Wildman–Crippen LogP) is 3.27. The van der Waals surface area contributed by atoms with E-state index < -0.39 is 22.1 Å². The summed E-state index contributed by atoms with van der Waals surface area (Å²) >= 11 is 3.20. The summed E-state index contributed by atoms with van der Waals surface area (Å²) in [6, 6.07) is 8.21. The zero-order valence-corrected chi connectivity index (χ0v) is 15.3. The lowest BCUT2D eigenvalue weighted by molar-refractivity contribution is 0.0726. The molecule has 2 aromatic rings. The number of ether oxygens (including phenoxy) is 1. The van der Waals surface area contributed by atoms with Crippen molar-refractivity contribution in [3.63, 3.8) is 0 Å². The van der Waals surface area contributed by atoms with Crippen LogP contribution in [-0.4, -0.2) is 24.4 Å². The number of rotatable bonds is 3. The Balaban J connectivity index is 2.08. The third kappa shape index (κ3) is 2.91. The van der Waals surface area contributed by atoms with E-state index >= 15 is 0 Å². The molecule has 1 aliphatic rings. The van der Waals surface area contributed by atoms with Gasteiger partial charge in [0.15, 0.2) is 0 Å². The minimum absolute atomic E-state index is 0.0560. The molecule has 1 atom stereocenters. The highest BCUT2D eigenvalue weighted by Crippen LogP contribution is 2.46. The Bertz CT molecular complexity index is 1000. The molecular formula is C16H12BrFN2O4S. The van der Waals surface area contributed by atoms with Crippen LogP contribution < -0.4 is 4.74 Å². The Kier molecular flexibility index (Phi) is 4.55. The van der Waals surface area contributed by atoms with Crippen LogP contribution in [0.25, 0.3) is 0 Å². The number of nitrogens with zero attached hydrogens (tertiary/aromatic N) is 2. The van der Waals surface area contributed by atoms with Crippen LogP contribution in [0.1, 0.15) is 24.3 Å². The van der Waals surface area contributed by atoms with Crippen molar-refractivity contribution in [3.8, 4) is 17.6 Å². The van der Waals surface area contributed by atoms with Crippen LogP contribution in [0.15, 0.2) is 39.7 Å². The molecule has 3 rings (SSSR count). The van der Waals surface area contributed by atoms with Gasteiger partial charge in [-0.05, 0) is 40.2 Å². The van der Waals surface area contributed by atoms with Crippen LogP contribution in [0.4, 0.5) is 4.39 Å². The van der Waals surface area contributed by atoms with Crippen molar-refractivity contribution in [3.05, 3.63) is 51.7 Å². The van der Waals surface area contributed by atoms with Gasteiger partial charge in [-0.25, -0.2) is 12.8 Å². The lowest BCUT2D eigenvalue weighted by Crippen LogP contribution is -2.27. The average Bonchev–Trinajstić information content (AvgIpc) is 2.75. The Morgan fingerprint density at radius 3 is 2.76 bits per heavy atom. The summed E-state index contributed by atoms with van der Waals surface area (Å²) < 4.78 is 45.3. The first-order valence-electron chi connectivity index (χ1n) is 7.20. The number of fused-ring (bicyclic) bond motifs is 1. The average molecular weight is 427 g/mol. The molecule has 0 spiro atoms. The molecule has 0 saturated heterocycles. The molecule has 9 heteroatoms. The first kappa shape index (κ1) is 17.8. The largest absolute Gasteiger partial charge is 0.456 e. The van der Waals surface area contributed by atoms with Crippen LogP contribution in [0.3, 0.4) is 0 Å². The number of sulfonamides is 1. The van der Waals surface area contributed by atoms with E-state index in [1.807, 2.05) is 6.07 Å². The van der Waals surface area contributed by atoms with Gasteiger partial charge in [0, 0.05) is 18.2 Å². The van der Waals surface area contributed by atoms with E-state index in [0.29, 0.717) is 0 Å². The minimum atomic E-state index is -3.88. The van der Waals surface area contributed by atoms with Crippen LogP contribution in [-0.2, 0) is 10.0 Å². The van der Waals surface area contributed by atoms with Gasteiger partial charge in [0.2, 0.25) is 10.0 Å². The summed E-state index contributed by atoms with van der Waals surface area (Å²) in [6.45, 7) is 1.73. The summed E-state index contributed by atoms with van der Waals surface area (Å²) in [5.41, 5.74) is 0.311. The molecule has 25 heavy (non-hydrogen) atoms. The summed E-state index contributed by atoms with van der Waals surface area (Å²) in [5, 5.41) is 19.1. The molecule has 1 N–H and O–H groups in total. The Hall–Kier alpha value is -1.99. The maximum absolute atomic E-state index is 13.5. The predicted molar refractivity (Wildman–Crippen MR) is 89.9 cm³/mol. The topological polar surface area (TPSA) is 90.6 Å². The molecule has 130 valence electrons. The van der Waals surface area contributed by atoms with Crippen molar-refractivity contribution in [2.75, 3.05) is 6.54 Å². The van der Waals surface area contributed by atoms with Gasteiger partial charge < -0.3 is 9.84 Å². The number of aliphatic hydroxyl groups excluding tert-OH is 1. The fourth-order valence-electron chi connectivity index (χ4n) is 2.66. The van der Waals surface area contributed by atoms with Crippen LogP contribution in [0.5, 0.6) is 11.5 Å². The second kappa shape index (κ2) is 6.38. The highest BCUT2D eigenvalue weighted by atomic mass is 79.9. The SMILES string of the molecule is CCN1C(O)c2ccc(Oc3cc(F)cc(C#N)c3)c(Br)c2S1(=O)=O. The van der Waals surface area contributed by atoms with Gasteiger partial charge in [0.05, 0.1) is 16.1 Å². The molecular weight excluding hydrogens is 415 g/mol. The van der Waals surface area contributed by atoms with Gasteiger partial charge in [0.1, 0.15) is 28.4 Å². The van der Waals surface area contributed by atoms with Crippen molar-refractivity contribution in [1.29, 1.82) is 5.26 Å². The summed E-state index contributed by atoms with van der Waals surface area (Å²) in [4.78, 5) is -0.0868. The number of benzene rings is 2. The maximum Gasteiger partial charge on any atom is 0.247 e. The lowest BCUT2D eigenvalue weighted by atomic mass is 10.2. The Labute approximate surface area is 152 Å². The molecule has 0 radical (unpaired) electrons. The number of nitriles is 1. The lowest BCUT2D eigenvalue weighted by Gasteiger charge is -2.15. The molecule has 0 bridgehead atoms. The summed E-state index contributed by atoms with van der Waals surface area (Å²) in [6.07, 6.45) is -1.27. The molecule has 0 fully saturated rings. The smallest absolute Gasteiger partial charge is 0.247 e. The molecule has 1 unspecified atom stereocenters. The first-order valence-corrected chi connectivity index (χ1v) is 9.43. The monoisotopic (exact) mass is 426 g/mol. The highest BCUT2D eigenvalue weighted by Gasteiger charge is 2.43. The van der Waals surface area contributed by atoms with E-state index in [9.17, 15) is 17.9 Å². The number of hydrogen-bond acceptors (Lipinski definition) is 5. The van der Waals surface area contributed by atoms with Crippen molar-refractivity contribution in [2.24, 2.45) is 0 Å². The molecule has 0 saturated carbocycles. The molecule has 0 aliphatic carbocycles. The zero-order chi connectivity index (χ0) is 18.4. The van der Waals surface area contributed by atoms with Crippen LogP contribution in [0, 0.1) is 17.1 Å². The van der Waals surface area contributed by atoms with Crippen molar-refractivity contribution in [2.45, 2.75) is 18.0 Å². The molecule has 1 heterocycles. The van der Waals surface area contributed by atoms with E-state index in [2.05, 4.69) is 15.9 Å². The van der Waals surface area contributed by atoms with Crippen LogP contribution >= 0.6 is 15.9 Å². The fraction of sp³-hybridized carbons (Fsp3) is 0.188. The Morgan fingerprint density at radius 1 is 1.40 bits per heavy atom. The van der Waals surface area contributed by atoms with Crippen molar-refractivity contribution >= 4 is 26.0 Å². The minimum Gasteiger partial charge on any atom is -0.456 e. The third-order valence-electron chi connectivity index (χ3n) is 3.75. The van der Waals surface area contributed by atoms with Crippen molar-refractivity contribution < 1.29 is 22.7 Å². The van der Waals surface area contributed by atoms with E-state index in [1.54, 1.807) is 6.92 Å². The van der Waals surface area contributed by atoms with E-state index in [4.69, 9.17) is 10.00 Å². The molecule has 0 aromatic heterocycles. The van der Waals surface area contributed by atoms with Gasteiger partial charge in [-0.2, -0.15) is 9.57 Å². The van der Waals surface area contributed by atoms with Gasteiger partial charge in [-0.15, -0.1) is 0 Å². The fourth-order valence-corrected chi connectivity index (χ4v) is 5.46. The summed E-state index contributed by atoms with van der Waals surface area (Å²) in [7, 11) is -3.88. The van der Waals surface area contributed by atoms with Crippen molar-refractivity contribution in [1.82, 2.24) is 4.31 Å². The quantitative estimate of drug-likeness (QED) is 0.812. The third-order valence-corrected chi connectivity index (χ3v) is 6.83. The molecule has 2 aromatic carbocycles. The highest BCUT2D eigenvalue weighted by molar-refractivity contribution is 9.10. The molecule has 0 amide bonds. The van der Waals surface area contributed by atoms with Gasteiger partial charge >= 0.3 is 0 Å². The summed E-state index contributed by atoms with van der Waals surface area (Å²) in [5.74, 6) is -0.464. The molecule has 6 nitrogen and oxygen atoms in total. The van der Waals surface area contributed by atoms with Gasteiger partial charge in [-0.1, -0.05) is 6.92 Å². The second-order valence-corrected chi connectivity index (χ2v) is 7.89. The first-order chi connectivity index (χ1) is 11.8. The van der Waals surface area contributed by atoms with E-state index in [0.717, 1.165) is 16.4 Å². The number of halogens is 2. The van der Waals surface area contributed by atoms with E-state index in [1.165, 1.54) is 18.2 Å². The van der Waals surface area contributed by atoms with Crippen LogP contribution in [0.2, 0.25) is 0 Å². The normalized spacial score (nSPS) is 18.6. The van der Waals surface area contributed by atoms with Gasteiger partial charge in [-0.3, -0.25) is 0 Å². The second-order valence-electron chi connectivity index (χ2n) is 5.27. The zero-order valence-electron chi connectivity index (χ0n) is 12.9. The number of aliphatic hydroxyl groups is 1. The number of hydrogen-bond donors (Lipinski definition) is 1. The van der Waals surface area contributed by atoms with Gasteiger partial charge in [0.25, 0.3) is 0 Å². The standard InChI is InChI=1S/C16H12BrFN2O4S/c1-2-20-16(21)12-3-4-13(14(17)15(12)25(20,22)23)24-11-6-9(8-19)5-10(18)7-11/h3-7,16,21H,2H2,1H3. The molecule has 1 aliphatic heterocycles. The Morgan fingerprint density at radius 2 is 2.12 bits per heavy atom. The van der Waals surface area contributed by atoms with E-state index in [-0.39, 0.29) is 38.5 Å².